The maximum Gasteiger partial charge on any atom is 0.136 e. The number of hydrogen-bond acceptors (Lipinski definition) is 1. The summed E-state index contributed by atoms with van der Waals surface area (Å²) in [4.78, 5) is 0. The SMILES string of the molecule is c1ccc(-n2c3ccccc3c3ccc4c5ccccc5n(-c5cccc(-c6cccc(-c7ccc8c(c7)c7cccc9oc%10cccc8c%10c97)c6)c5)c4c32)cc1. The van der Waals surface area contributed by atoms with Crippen molar-refractivity contribution in [3.05, 3.63) is 194 Å². The Kier molecular flexibility index (Phi) is 6.16. The third kappa shape index (κ3) is 4.26. The molecule has 0 amide bonds. The topological polar surface area (TPSA) is 23.0 Å². The summed E-state index contributed by atoms with van der Waals surface area (Å²) in [6.07, 6.45) is 0. The van der Waals surface area contributed by atoms with Crippen molar-refractivity contribution in [3.8, 4) is 33.6 Å². The third-order valence-corrected chi connectivity index (χ3v) is 12.2. The summed E-state index contributed by atoms with van der Waals surface area (Å²) in [6, 6.07) is 70.8. The lowest BCUT2D eigenvalue weighted by Gasteiger charge is -2.14. The smallest absolute Gasteiger partial charge is 0.136 e. The zero-order chi connectivity index (χ0) is 37.2. The molecule has 0 aliphatic rings. The molecule has 0 spiro atoms. The van der Waals surface area contributed by atoms with Crippen molar-refractivity contribution in [2.24, 2.45) is 0 Å². The van der Waals surface area contributed by atoms with E-state index >= 15 is 0 Å². The van der Waals surface area contributed by atoms with E-state index in [9.17, 15) is 0 Å². The molecule has 3 aromatic heterocycles. The van der Waals surface area contributed by atoms with Crippen LogP contribution >= 0.6 is 0 Å². The maximum absolute atomic E-state index is 6.31. The number of para-hydroxylation sites is 3. The summed E-state index contributed by atoms with van der Waals surface area (Å²) in [5.74, 6) is 0. The van der Waals surface area contributed by atoms with Gasteiger partial charge in [0.05, 0.1) is 22.1 Å². The van der Waals surface area contributed by atoms with Gasteiger partial charge in [0.25, 0.3) is 0 Å². The molecule has 0 saturated heterocycles. The Hall–Kier alpha value is -7.62. The van der Waals surface area contributed by atoms with Crippen LogP contribution in [-0.2, 0) is 0 Å². The predicted octanol–water partition coefficient (Wildman–Crippen LogP) is 14.9. The van der Waals surface area contributed by atoms with Gasteiger partial charge in [-0.15, -0.1) is 0 Å². The van der Waals surface area contributed by atoms with Crippen LogP contribution in [-0.4, -0.2) is 9.13 Å². The minimum Gasteiger partial charge on any atom is -0.456 e. The minimum atomic E-state index is 0.943. The Balaban J connectivity index is 1.01. The van der Waals surface area contributed by atoms with Crippen LogP contribution in [0.3, 0.4) is 0 Å². The van der Waals surface area contributed by atoms with Gasteiger partial charge < -0.3 is 13.6 Å². The van der Waals surface area contributed by atoms with Gasteiger partial charge in [0.15, 0.2) is 0 Å². The second-order valence-electron chi connectivity index (χ2n) is 15.2. The van der Waals surface area contributed by atoms with E-state index in [1.807, 2.05) is 0 Å². The Bertz CT molecular complexity index is 3750. The van der Waals surface area contributed by atoms with Gasteiger partial charge in [0.2, 0.25) is 0 Å². The highest BCUT2D eigenvalue weighted by molar-refractivity contribution is 6.33. The van der Waals surface area contributed by atoms with Crippen LogP contribution in [0.15, 0.2) is 199 Å². The number of aromatic nitrogens is 2. The number of benzene rings is 10. The summed E-state index contributed by atoms with van der Waals surface area (Å²) >= 11 is 0. The van der Waals surface area contributed by atoms with Crippen LogP contribution in [0.1, 0.15) is 0 Å². The molecule has 0 aliphatic heterocycles. The molecule has 0 saturated carbocycles. The molecule has 3 heterocycles. The van der Waals surface area contributed by atoms with Crippen molar-refractivity contribution in [1.82, 2.24) is 9.13 Å². The van der Waals surface area contributed by atoms with Gasteiger partial charge in [-0.05, 0) is 104 Å². The molecule has 3 nitrogen and oxygen atoms in total. The van der Waals surface area contributed by atoms with Gasteiger partial charge >= 0.3 is 0 Å². The van der Waals surface area contributed by atoms with Crippen LogP contribution in [0.5, 0.6) is 0 Å². The predicted molar refractivity (Wildman–Crippen MR) is 239 cm³/mol. The lowest BCUT2D eigenvalue weighted by Crippen LogP contribution is -1.98. The molecular weight excluding hydrogens is 693 g/mol. The van der Waals surface area contributed by atoms with Crippen molar-refractivity contribution >= 4 is 87.1 Å². The van der Waals surface area contributed by atoms with Crippen LogP contribution < -0.4 is 0 Å². The third-order valence-electron chi connectivity index (χ3n) is 12.2. The van der Waals surface area contributed by atoms with Gasteiger partial charge in [-0.3, -0.25) is 0 Å². The Morgan fingerprint density at radius 1 is 0.281 bits per heavy atom. The lowest BCUT2D eigenvalue weighted by molar-refractivity contribution is 0.669. The summed E-state index contributed by atoms with van der Waals surface area (Å²) in [5, 5.41) is 12.4. The number of hydrogen-bond donors (Lipinski definition) is 0. The highest BCUT2D eigenvalue weighted by atomic mass is 16.3. The molecule has 0 unspecified atom stereocenters. The number of furan rings is 1. The van der Waals surface area contributed by atoms with Crippen LogP contribution in [0, 0.1) is 0 Å². The van der Waals surface area contributed by atoms with E-state index in [4.69, 9.17) is 4.42 Å². The second-order valence-corrected chi connectivity index (χ2v) is 15.2. The molecular formula is C54H32N2O. The summed E-state index contributed by atoms with van der Waals surface area (Å²) in [7, 11) is 0. The van der Waals surface area contributed by atoms with E-state index in [-0.39, 0.29) is 0 Å². The van der Waals surface area contributed by atoms with E-state index in [1.165, 1.54) is 98.2 Å². The Morgan fingerprint density at radius 2 is 0.754 bits per heavy atom. The highest BCUT2D eigenvalue weighted by Crippen LogP contribution is 2.45. The first-order chi connectivity index (χ1) is 28.3. The highest BCUT2D eigenvalue weighted by Gasteiger charge is 2.22. The fourth-order valence-corrected chi connectivity index (χ4v) is 9.81. The molecule has 13 rings (SSSR count). The first-order valence-corrected chi connectivity index (χ1v) is 19.6. The van der Waals surface area contributed by atoms with Crippen molar-refractivity contribution in [2.45, 2.75) is 0 Å². The van der Waals surface area contributed by atoms with E-state index in [0.29, 0.717) is 0 Å². The average molecular weight is 725 g/mol. The number of nitrogens with zero attached hydrogens (tertiary/aromatic N) is 2. The molecule has 0 fully saturated rings. The Labute approximate surface area is 327 Å². The van der Waals surface area contributed by atoms with Gasteiger partial charge in [-0.1, -0.05) is 133 Å². The molecule has 0 aliphatic carbocycles. The first-order valence-electron chi connectivity index (χ1n) is 19.6. The Morgan fingerprint density at radius 3 is 1.42 bits per heavy atom. The zero-order valence-electron chi connectivity index (χ0n) is 30.8. The normalized spacial score (nSPS) is 12.2. The van der Waals surface area contributed by atoms with Crippen LogP contribution in [0.2, 0.25) is 0 Å². The van der Waals surface area contributed by atoms with E-state index < -0.39 is 0 Å². The molecule has 13 aromatic rings. The lowest BCUT2D eigenvalue weighted by atomic mass is 9.91. The van der Waals surface area contributed by atoms with Crippen molar-refractivity contribution in [2.75, 3.05) is 0 Å². The standard InChI is InChI=1S/C54H32N2O/c1-2-15-37(16-3-1)55-47-22-6-4-18-40(47)44-28-29-45-41-19-5-7-23-48(41)56(54(45)53(44)55)38-17-9-14-35(31-38)33-12-8-13-34(30-33)36-26-27-39-42-20-10-24-49-51(42)52-43(46(39)32-36)21-11-25-50(52)57-49/h1-32H. The average Bonchev–Trinajstić information content (AvgIpc) is 3.95. The molecule has 264 valence electrons. The van der Waals surface area contributed by atoms with E-state index in [0.717, 1.165) is 22.5 Å². The summed E-state index contributed by atoms with van der Waals surface area (Å²) < 4.78 is 11.2. The summed E-state index contributed by atoms with van der Waals surface area (Å²) in [6.45, 7) is 0. The molecule has 0 atom stereocenters. The first kappa shape index (κ1) is 30.7. The second kappa shape index (κ2) is 11.5. The molecule has 57 heavy (non-hydrogen) atoms. The minimum absolute atomic E-state index is 0.943. The molecule has 10 aromatic carbocycles. The monoisotopic (exact) mass is 724 g/mol. The zero-order valence-corrected chi connectivity index (χ0v) is 30.8. The van der Waals surface area contributed by atoms with E-state index in [2.05, 4.69) is 203 Å². The van der Waals surface area contributed by atoms with Crippen LogP contribution in [0.25, 0.3) is 121 Å². The van der Waals surface area contributed by atoms with Gasteiger partial charge in [-0.25, -0.2) is 0 Å². The van der Waals surface area contributed by atoms with Crippen molar-refractivity contribution in [1.29, 1.82) is 0 Å². The molecule has 0 N–H and O–H groups in total. The fraction of sp³-hybridized carbons (Fsp3) is 0. The quantitative estimate of drug-likeness (QED) is 0.166. The number of fused-ring (bicyclic) bond motifs is 10. The summed E-state index contributed by atoms with van der Waals surface area (Å²) in [5.41, 5.74) is 13.7. The van der Waals surface area contributed by atoms with Gasteiger partial charge in [0.1, 0.15) is 11.2 Å². The largest absolute Gasteiger partial charge is 0.456 e. The van der Waals surface area contributed by atoms with Crippen molar-refractivity contribution < 1.29 is 4.42 Å². The molecule has 0 bridgehead atoms. The van der Waals surface area contributed by atoms with Gasteiger partial charge in [0, 0.05) is 43.7 Å². The van der Waals surface area contributed by atoms with Crippen molar-refractivity contribution in [3.63, 3.8) is 0 Å². The van der Waals surface area contributed by atoms with E-state index in [1.54, 1.807) is 0 Å². The van der Waals surface area contributed by atoms with Crippen LogP contribution in [0.4, 0.5) is 0 Å². The molecule has 0 radical (unpaired) electrons. The number of rotatable bonds is 4. The fourth-order valence-electron chi connectivity index (χ4n) is 9.81. The maximum atomic E-state index is 6.31. The van der Waals surface area contributed by atoms with Gasteiger partial charge in [-0.2, -0.15) is 0 Å². The molecule has 3 heteroatoms.